The van der Waals surface area contributed by atoms with E-state index in [0.717, 1.165) is 0 Å². The van der Waals surface area contributed by atoms with Gasteiger partial charge in [0.05, 0.1) is 13.0 Å². The smallest absolute Gasteiger partial charge is 0.317 e. The fourth-order valence-corrected chi connectivity index (χ4v) is 2.74. The number of carboxylic acid groups (broad SMARTS) is 1. The Morgan fingerprint density at radius 2 is 1.95 bits per heavy atom. The van der Waals surface area contributed by atoms with Gasteiger partial charge in [0, 0.05) is 0 Å². The summed E-state index contributed by atoms with van der Waals surface area (Å²) in [6.45, 7) is 0. The van der Waals surface area contributed by atoms with E-state index in [4.69, 9.17) is 4.74 Å². The number of carbonyl (C=O) groups excluding carboxylic acids is 1. The van der Waals surface area contributed by atoms with Gasteiger partial charge in [0.2, 0.25) is 0 Å². The monoisotopic (exact) mass is 260 g/mol. The van der Waals surface area contributed by atoms with Crippen molar-refractivity contribution in [3.8, 4) is 0 Å². The van der Waals surface area contributed by atoms with Gasteiger partial charge in [-0.15, -0.1) is 0 Å². The van der Waals surface area contributed by atoms with Crippen molar-refractivity contribution in [2.45, 2.75) is 18.3 Å². The predicted octanol–water partition coefficient (Wildman–Crippen LogP) is 2.15. The number of benzene rings is 1. The lowest BCUT2D eigenvalue weighted by Gasteiger charge is -2.37. The molecule has 100 valence electrons. The summed E-state index contributed by atoms with van der Waals surface area (Å²) in [4.78, 5) is 23.8. The van der Waals surface area contributed by atoms with Crippen molar-refractivity contribution in [1.29, 1.82) is 0 Å². The minimum absolute atomic E-state index is 0.333. The van der Waals surface area contributed by atoms with E-state index in [2.05, 4.69) is 0 Å². The molecule has 0 spiro atoms. The highest BCUT2D eigenvalue weighted by Gasteiger charge is 2.51. The predicted molar refractivity (Wildman–Crippen MR) is 69.6 cm³/mol. The fraction of sp³-hybridized carbons (Fsp3) is 0.333. The van der Waals surface area contributed by atoms with Gasteiger partial charge in [0.25, 0.3) is 0 Å². The van der Waals surface area contributed by atoms with E-state index in [1.165, 1.54) is 7.11 Å². The van der Waals surface area contributed by atoms with Gasteiger partial charge in [-0.1, -0.05) is 42.5 Å². The highest BCUT2D eigenvalue weighted by Crippen LogP contribution is 2.42. The Hall–Kier alpha value is -2.10. The number of hydrogen-bond donors (Lipinski definition) is 1. The van der Waals surface area contributed by atoms with Crippen LogP contribution in [0.3, 0.4) is 0 Å². The lowest BCUT2D eigenvalue weighted by molar-refractivity contribution is -0.158. The normalized spacial score (nSPS) is 25.8. The van der Waals surface area contributed by atoms with Crippen LogP contribution in [0.1, 0.15) is 18.4 Å². The molecule has 1 N–H and O–H groups in total. The molecule has 4 heteroatoms. The number of methoxy groups -OCH3 is 1. The molecular formula is C15H16O4. The fourth-order valence-electron chi connectivity index (χ4n) is 2.74. The molecule has 1 aromatic rings. The molecule has 0 bridgehead atoms. The molecule has 0 heterocycles. The molecule has 0 saturated heterocycles. The maximum atomic E-state index is 12.3. The molecule has 0 radical (unpaired) electrons. The first-order chi connectivity index (χ1) is 9.13. The Morgan fingerprint density at radius 1 is 1.26 bits per heavy atom. The minimum atomic E-state index is -1.13. The average Bonchev–Trinajstić information content (AvgIpc) is 2.47. The van der Waals surface area contributed by atoms with Crippen molar-refractivity contribution < 1.29 is 19.4 Å². The third-order valence-corrected chi connectivity index (χ3v) is 3.71. The van der Waals surface area contributed by atoms with Crippen LogP contribution in [0.15, 0.2) is 42.5 Å². The summed E-state index contributed by atoms with van der Waals surface area (Å²) in [5.41, 5.74) is -0.435. The van der Waals surface area contributed by atoms with Gasteiger partial charge < -0.3 is 9.84 Å². The summed E-state index contributed by atoms with van der Waals surface area (Å²) in [6.07, 6.45) is 4.34. The summed E-state index contributed by atoms with van der Waals surface area (Å²) in [5, 5.41) is 9.44. The summed E-state index contributed by atoms with van der Waals surface area (Å²) >= 11 is 0. The zero-order chi connectivity index (χ0) is 13.9. The van der Waals surface area contributed by atoms with Gasteiger partial charge in [-0.2, -0.15) is 0 Å². The molecule has 0 aromatic heterocycles. The Morgan fingerprint density at radius 3 is 2.53 bits per heavy atom. The number of hydrogen-bond acceptors (Lipinski definition) is 3. The molecule has 2 atom stereocenters. The third-order valence-electron chi connectivity index (χ3n) is 3.71. The van der Waals surface area contributed by atoms with Gasteiger partial charge in [0.1, 0.15) is 5.41 Å². The van der Waals surface area contributed by atoms with Crippen molar-refractivity contribution in [2.75, 3.05) is 7.11 Å². The van der Waals surface area contributed by atoms with Crippen molar-refractivity contribution in [3.63, 3.8) is 0 Å². The standard InChI is InChI=1S/C15H16O4/c1-19-14(18)15(11-7-3-2-4-8-11)10-6-5-9-12(15)13(16)17/h2-8,12H,9-10H2,1H3,(H,16,17)/t12-,15+/m0/s1. The quantitative estimate of drug-likeness (QED) is 0.668. The molecule has 0 fully saturated rings. The summed E-state index contributed by atoms with van der Waals surface area (Å²) in [7, 11) is 1.30. The molecule has 0 unspecified atom stereocenters. The molecule has 4 nitrogen and oxygen atoms in total. The number of rotatable bonds is 3. The maximum Gasteiger partial charge on any atom is 0.317 e. The molecule has 19 heavy (non-hydrogen) atoms. The van der Waals surface area contributed by atoms with Gasteiger partial charge in [-0.25, -0.2) is 0 Å². The molecule has 1 aliphatic carbocycles. The highest BCUT2D eigenvalue weighted by atomic mass is 16.5. The number of carboxylic acids is 1. The van der Waals surface area contributed by atoms with E-state index in [1.54, 1.807) is 24.3 Å². The molecule has 0 amide bonds. The Balaban J connectivity index is 2.60. The Bertz CT molecular complexity index is 506. The van der Waals surface area contributed by atoms with Crippen LogP contribution >= 0.6 is 0 Å². The maximum absolute atomic E-state index is 12.3. The summed E-state index contributed by atoms with van der Waals surface area (Å²) in [6, 6.07) is 9.01. The van der Waals surface area contributed by atoms with Crippen LogP contribution in [-0.4, -0.2) is 24.2 Å². The van der Waals surface area contributed by atoms with Crippen LogP contribution in [0.25, 0.3) is 0 Å². The Kier molecular flexibility index (Phi) is 3.69. The molecule has 0 aliphatic heterocycles. The second-order valence-electron chi connectivity index (χ2n) is 4.63. The summed E-state index contributed by atoms with van der Waals surface area (Å²) < 4.78 is 4.89. The van der Waals surface area contributed by atoms with Crippen LogP contribution in [-0.2, 0) is 19.7 Å². The summed E-state index contributed by atoms with van der Waals surface area (Å²) in [5.74, 6) is -2.26. The van der Waals surface area contributed by atoms with Crippen molar-refractivity contribution >= 4 is 11.9 Å². The molecule has 1 aliphatic rings. The minimum Gasteiger partial charge on any atom is -0.481 e. The van der Waals surface area contributed by atoms with Crippen LogP contribution in [0.4, 0.5) is 0 Å². The van der Waals surface area contributed by atoms with Crippen molar-refractivity contribution in [3.05, 3.63) is 48.0 Å². The molecule has 0 saturated carbocycles. The van der Waals surface area contributed by atoms with Gasteiger partial charge >= 0.3 is 11.9 Å². The zero-order valence-electron chi connectivity index (χ0n) is 10.7. The first-order valence-electron chi connectivity index (χ1n) is 6.14. The van der Waals surface area contributed by atoms with E-state index in [1.807, 2.05) is 18.2 Å². The van der Waals surface area contributed by atoms with Gasteiger partial charge in [-0.05, 0) is 18.4 Å². The van der Waals surface area contributed by atoms with Crippen molar-refractivity contribution in [1.82, 2.24) is 0 Å². The number of allylic oxidation sites excluding steroid dienone is 2. The van der Waals surface area contributed by atoms with Crippen molar-refractivity contribution in [2.24, 2.45) is 5.92 Å². The van der Waals surface area contributed by atoms with E-state index < -0.39 is 23.3 Å². The zero-order valence-corrected chi connectivity index (χ0v) is 10.7. The van der Waals surface area contributed by atoms with Crippen LogP contribution in [0.2, 0.25) is 0 Å². The van der Waals surface area contributed by atoms with E-state index in [-0.39, 0.29) is 0 Å². The molecular weight excluding hydrogens is 244 g/mol. The highest BCUT2D eigenvalue weighted by molar-refractivity contribution is 5.90. The second-order valence-corrected chi connectivity index (χ2v) is 4.63. The Labute approximate surface area is 111 Å². The second kappa shape index (κ2) is 5.26. The van der Waals surface area contributed by atoms with Crippen LogP contribution in [0.5, 0.6) is 0 Å². The third kappa shape index (κ3) is 2.14. The first kappa shape index (κ1) is 13.3. The topological polar surface area (TPSA) is 63.6 Å². The average molecular weight is 260 g/mol. The molecule has 2 rings (SSSR count). The number of ether oxygens (including phenoxy) is 1. The van der Waals surface area contributed by atoms with Crippen LogP contribution < -0.4 is 0 Å². The van der Waals surface area contributed by atoms with Crippen LogP contribution in [0, 0.1) is 5.92 Å². The van der Waals surface area contributed by atoms with E-state index in [0.29, 0.717) is 18.4 Å². The number of aliphatic carboxylic acids is 1. The lowest BCUT2D eigenvalue weighted by Crippen LogP contribution is -2.48. The SMILES string of the molecule is COC(=O)[C@@]1(c2ccccc2)CC=CC[C@H]1C(=O)O. The number of carbonyl (C=O) groups is 2. The molecule has 1 aromatic carbocycles. The largest absolute Gasteiger partial charge is 0.481 e. The van der Waals surface area contributed by atoms with Gasteiger partial charge in [-0.3, -0.25) is 9.59 Å². The number of esters is 1. The van der Waals surface area contributed by atoms with E-state index in [9.17, 15) is 14.7 Å². The first-order valence-corrected chi connectivity index (χ1v) is 6.14. The lowest BCUT2D eigenvalue weighted by atomic mass is 9.64. The van der Waals surface area contributed by atoms with E-state index >= 15 is 0 Å². The van der Waals surface area contributed by atoms with Gasteiger partial charge in [0.15, 0.2) is 0 Å².